The van der Waals surface area contributed by atoms with Gasteiger partial charge in [0.25, 0.3) is 5.91 Å². The summed E-state index contributed by atoms with van der Waals surface area (Å²) in [4.78, 5) is 18.2. The van der Waals surface area contributed by atoms with Crippen molar-refractivity contribution in [3.8, 4) is 0 Å². The highest BCUT2D eigenvalue weighted by Crippen LogP contribution is 2.21. The van der Waals surface area contributed by atoms with E-state index in [2.05, 4.69) is 15.1 Å². The maximum absolute atomic E-state index is 13.9. The monoisotopic (exact) mass is 405 g/mol. The normalized spacial score (nSPS) is 17.6. The fourth-order valence-corrected chi connectivity index (χ4v) is 3.78. The fourth-order valence-electron chi connectivity index (χ4n) is 3.78. The number of rotatable bonds is 3. The molecule has 1 aromatic heterocycles. The Kier molecular flexibility index (Phi) is 5.55. The lowest BCUT2D eigenvalue weighted by molar-refractivity contribution is 0.0740. The molecule has 0 spiro atoms. The molecule has 0 bridgehead atoms. The molecule has 0 N–H and O–H groups in total. The van der Waals surface area contributed by atoms with Gasteiger partial charge in [-0.05, 0) is 43.5 Å². The van der Waals surface area contributed by atoms with Gasteiger partial charge in [0, 0.05) is 39.3 Å². The number of hydrogen-bond donors (Lipinski definition) is 0. The van der Waals surface area contributed by atoms with Crippen LogP contribution >= 0.6 is 0 Å². The zero-order chi connectivity index (χ0) is 20.4. The Bertz CT molecular complexity index is 878. The molecular formula is C20H22F3N5O. The second kappa shape index (κ2) is 8.26. The molecule has 1 aromatic carbocycles. The number of benzene rings is 1. The molecular weight excluding hydrogens is 383 g/mol. The first-order valence-corrected chi connectivity index (χ1v) is 9.81. The minimum absolute atomic E-state index is 0.326. The molecule has 4 rings (SSSR count). The van der Waals surface area contributed by atoms with Crippen LogP contribution in [0.3, 0.4) is 0 Å². The highest BCUT2D eigenvalue weighted by atomic mass is 19.2. The van der Waals surface area contributed by atoms with Gasteiger partial charge in [-0.2, -0.15) is 0 Å². The van der Waals surface area contributed by atoms with Crippen molar-refractivity contribution in [2.45, 2.75) is 19.3 Å². The van der Waals surface area contributed by atoms with E-state index in [9.17, 15) is 18.0 Å². The number of amides is 1. The standard InChI is InChI=1S/C20H22F3N5O/c21-15-5-4-14(18(22)19(15)23)20(29)28-12-10-27(11-13-28)17-7-6-16(24-25-17)26-8-2-1-3-9-26/h4-7H,1-3,8-13H2. The van der Waals surface area contributed by atoms with Gasteiger partial charge in [0.15, 0.2) is 29.1 Å². The Morgan fingerprint density at radius 2 is 1.31 bits per heavy atom. The van der Waals surface area contributed by atoms with Gasteiger partial charge in [0.05, 0.1) is 5.56 Å². The molecule has 29 heavy (non-hydrogen) atoms. The average Bonchev–Trinajstić information content (AvgIpc) is 2.78. The van der Waals surface area contributed by atoms with Crippen LogP contribution in [0.15, 0.2) is 24.3 Å². The molecule has 2 aromatic rings. The second-order valence-electron chi connectivity index (χ2n) is 7.30. The number of piperazine rings is 1. The Morgan fingerprint density at radius 1 is 0.724 bits per heavy atom. The van der Waals surface area contributed by atoms with Crippen molar-refractivity contribution in [3.63, 3.8) is 0 Å². The SMILES string of the molecule is O=C(c1ccc(F)c(F)c1F)N1CCN(c2ccc(N3CCCCC3)nn2)CC1. The van der Waals surface area contributed by atoms with Crippen LogP contribution in [0, 0.1) is 17.5 Å². The van der Waals surface area contributed by atoms with Gasteiger partial charge in [-0.1, -0.05) is 0 Å². The third-order valence-electron chi connectivity index (χ3n) is 5.47. The van der Waals surface area contributed by atoms with E-state index in [4.69, 9.17) is 0 Å². The van der Waals surface area contributed by atoms with Crippen molar-refractivity contribution in [2.75, 3.05) is 49.1 Å². The van der Waals surface area contributed by atoms with Crippen molar-refractivity contribution in [1.29, 1.82) is 0 Å². The number of nitrogens with zero attached hydrogens (tertiary/aromatic N) is 5. The van der Waals surface area contributed by atoms with Gasteiger partial charge in [-0.25, -0.2) is 13.2 Å². The van der Waals surface area contributed by atoms with E-state index >= 15 is 0 Å². The second-order valence-corrected chi connectivity index (χ2v) is 7.30. The molecule has 2 fully saturated rings. The van der Waals surface area contributed by atoms with E-state index in [-0.39, 0.29) is 0 Å². The zero-order valence-corrected chi connectivity index (χ0v) is 16.0. The van der Waals surface area contributed by atoms with Crippen LogP contribution in [0.4, 0.5) is 24.8 Å². The van der Waals surface area contributed by atoms with E-state index < -0.39 is 28.9 Å². The molecule has 0 unspecified atom stereocenters. The Balaban J connectivity index is 1.38. The smallest absolute Gasteiger partial charge is 0.257 e. The molecule has 2 saturated heterocycles. The van der Waals surface area contributed by atoms with Crippen LogP contribution in [-0.2, 0) is 0 Å². The zero-order valence-electron chi connectivity index (χ0n) is 16.0. The van der Waals surface area contributed by atoms with Gasteiger partial charge in [-0.15, -0.1) is 10.2 Å². The lowest BCUT2D eigenvalue weighted by Gasteiger charge is -2.35. The predicted molar refractivity (Wildman–Crippen MR) is 103 cm³/mol. The Hall–Kier alpha value is -2.84. The molecule has 3 heterocycles. The average molecular weight is 405 g/mol. The molecule has 0 saturated carbocycles. The number of halogens is 3. The van der Waals surface area contributed by atoms with Gasteiger partial charge in [0.2, 0.25) is 0 Å². The van der Waals surface area contributed by atoms with Gasteiger partial charge < -0.3 is 14.7 Å². The molecule has 1 amide bonds. The molecule has 0 atom stereocenters. The van der Waals surface area contributed by atoms with Crippen LogP contribution in [0.2, 0.25) is 0 Å². The summed E-state index contributed by atoms with van der Waals surface area (Å²) in [6.07, 6.45) is 3.58. The van der Waals surface area contributed by atoms with Crippen LogP contribution in [0.1, 0.15) is 29.6 Å². The highest BCUT2D eigenvalue weighted by Gasteiger charge is 2.27. The lowest BCUT2D eigenvalue weighted by Crippen LogP contribution is -2.49. The first kappa shape index (κ1) is 19.5. The van der Waals surface area contributed by atoms with E-state index in [0.717, 1.165) is 49.7 Å². The summed E-state index contributed by atoms with van der Waals surface area (Å²) >= 11 is 0. The van der Waals surface area contributed by atoms with Crippen LogP contribution in [0.25, 0.3) is 0 Å². The minimum Gasteiger partial charge on any atom is -0.355 e. The number of piperidine rings is 1. The fraction of sp³-hybridized carbons (Fsp3) is 0.450. The quantitative estimate of drug-likeness (QED) is 0.735. The lowest BCUT2D eigenvalue weighted by atomic mass is 10.1. The van der Waals surface area contributed by atoms with Gasteiger partial charge in [0.1, 0.15) is 0 Å². The summed E-state index contributed by atoms with van der Waals surface area (Å²) in [6.45, 7) is 3.63. The number of hydrogen-bond acceptors (Lipinski definition) is 5. The first-order valence-electron chi connectivity index (χ1n) is 9.81. The Labute approximate surface area is 166 Å². The minimum atomic E-state index is -1.63. The largest absolute Gasteiger partial charge is 0.355 e. The molecule has 2 aliphatic rings. The number of anilines is 2. The molecule has 9 heteroatoms. The number of carbonyl (C=O) groups is 1. The van der Waals surface area contributed by atoms with Crippen molar-refractivity contribution in [2.24, 2.45) is 0 Å². The van der Waals surface area contributed by atoms with E-state index in [1.165, 1.54) is 11.3 Å². The number of carbonyl (C=O) groups excluding carboxylic acids is 1. The first-order chi connectivity index (χ1) is 14.0. The summed E-state index contributed by atoms with van der Waals surface area (Å²) in [6, 6.07) is 5.62. The van der Waals surface area contributed by atoms with Crippen molar-refractivity contribution >= 4 is 17.5 Å². The molecule has 0 aliphatic carbocycles. The molecule has 0 radical (unpaired) electrons. The molecule has 6 nitrogen and oxygen atoms in total. The van der Waals surface area contributed by atoms with E-state index in [1.807, 2.05) is 17.0 Å². The third-order valence-corrected chi connectivity index (χ3v) is 5.47. The Morgan fingerprint density at radius 3 is 1.90 bits per heavy atom. The van der Waals surface area contributed by atoms with Gasteiger partial charge in [-0.3, -0.25) is 4.79 Å². The third kappa shape index (κ3) is 3.99. The molecule has 154 valence electrons. The van der Waals surface area contributed by atoms with E-state index in [1.54, 1.807) is 0 Å². The van der Waals surface area contributed by atoms with Gasteiger partial charge >= 0.3 is 0 Å². The van der Waals surface area contributed by atoms with E-state index in [0.29, 0.717) is 26.2 Å². The van der Waals surface area contributed by atoms with Crippen LogP contribution < -0.4 is 9.80 Å². The predicted octanol–water partition coefficient (Wildman–Crippen LogP) is 2.85. The summed E-state index contributed by atoms with van der Waals surface area (Å²) in [5.41, 5.74) is -0.456. The summed E-state index contributed by atoms with van der Waals surface area (Å²) in [5.74, 6) is -3.44. The van der Waals surface area contributed by atoms with Crippen molar-refractivity contribution in [1.82, 2.24) is 15.1 Å². The summed E-state index contributed by atoms with van der Waals surface area (Å²) in [5, 5.41) is 8.66. The van der Waals surface area contributed by atoms with Crippen LogP contribution in [-0.4, -0.2) is 60.3 Å². The molecule has 2 aliphatic heterocycles. The maximum atomic E-state index is 13.9. The summed E-state index contributed by atoms with van der Waals surface area (Å²) < 4.78 is 40.4. The number of aromatic nitrogens is 2. The van der Waals surface area contributed by atoms with Crippen molar-refractivity contribution < 1.29 is 18.0 Å². The maximum Gasteiger partial charge on any atom is 0.257 e. The summed E-state index contributed by atoms with van der Waals surface area (Å²) in [7, 11) is 0. The van der Waals surface area contributed by atoms with Crippen LogP contribution in [0.5, 0.6) is 0 Å². The van der Waals surface area contributed by atoms with Crippen molar-refractivity contribution in [3.05, 3.63) is 47.3 Å². The topological polar surface area (TPSA) is 52.6 Å². The highest BCUT2D eigenvalue weighted by molar-refractivity contribution is 5.94.